The van der Waals surface area contributed by atoms with Gasteiger partial charge in [0.2, 0.25) is 0 Å². The highest BCUT2D eigenvalue weighted by atomic mass is 79.9. The van der Waals surface area contributed by atoms with Crippen LogP contribution in [-0.2, 0) is 0 Å². The number of anilines is 1. The van der Waals surface area contributed by atoms with E-state index in [1.54, 1.807) is 0 Å². The molecule has 6 nitrogen and oxygen atoms in total. The summed E-state index contributed by atoms with van der Waals surface area (Å²) in [6, 6.07) is 4.52. The molecule has 1 amide bonds. The second-order valence-electron chi connectivity index (χ2n) is 6.04. The first-order chi connectivity index (χ1) is 12.3. The number of amides is 1. The largest absolute Gasteiger partial charge is 0.493 e. The molecule has 0 aliphatic heterocycles. The summed E-state index contributed by atoms with van der Waals surface area (Å²) in [7, 11) is 1.47. The molecule has 0 bridgehead atoms. The lowest BCUT2D eigenvalue weighted by Crippen LogP contribution is -2.19. The van der Waals surface area contributed by atoms with E-state index in [0.717, 1.165) is 6.42 Å². The highest BCUT2D eigenvalue weighted by molar-refractivity contribution is 9.10. The van der Waals surface area contributed by atoms with E-state index in [9.17, 15) is 9.59 Å². The molecule has 2 N–H and O–H groups in total. The van der Waals surface area contributed by atoms with E-state index in [1.807, 2.05) is 0 Å². The molecule has 8 heteroatoms. The lowest BCUT2D eigenvalue weighted by Gasteiger charge is -2.15. The molecule has 0 spiro atoms. The van der Waals surface area contributed by atoms with Crippen LogP contribution in [0, 0.1) is 5.92 Å². The van der Waals surface area contributed by atoms with Crippen LogP contribution in [0.4, 0.5) is 5.69 Å². The fraction of sp³-hybridized carbons (Fsp3) is 0.333. The summed E-state index contributed by atoms with van der Waals surface area (Å²) in [5, 5.41) is 2.82. The fourth-order valence-corrected chi connectivity index (χ4v) is 2.74. The second kappa shape index (κ2) is 9.09. The highest BCUT2D eigenvalue weighted by Crippen LogP contribution is 2.36. The number of hydrogen-bond donors (Lipinski definition) is 2. The van der Waals surface area contributed by atoms with Gasteiger partial charge in [-0.15, -0.1) is 0 Å². The molecule has 1 aromatic heterocycles. The number of aromatic nitrogens is 1. The Kier molecular flexibility index (Phi) is 7.11. The van der Waals surface area contributed by atoms with Crippen LogP contribution in [0.3, 0.4) is 0 Å². The standard InChI is InChI=1S/C18H20BrClN2O4/c1-10(2)4-5-26-16-13(20)6-11(7-15(16)25-3)17(23)22-14-8-12(19)9-21-18(14)24/h6-10H,4-5H2,1-3H3,(H,21,24)(H,22,23). The van der Waals surface area contributed by atoms with Crippen LogP contribution in [0.25, 0.3) is 0 Å². The summed E-state index contributed by atoms with van der Waals surface area (Å²) >= 11 is 9.51. The van der Waals surface area contributed by atoms with Crippen molar-refractivity contribution in [3.8, 4) is 11.5 Å². The lowest BCUT2D eigenvalue weighted by atomic mass is 10.1. The number of H-pyrrole nitrogens is 1. The number of benzene rings is 1. The first-order valence-electron chi connectivity index (χ1n) is 8.01. The van der Waals surface area contributed by atoms with E-state index < -0.39 is 11.5 Å². The summed E-state index contributed by atoms with van der Waals surface area (Å²) in [4.78, 5) is 26.8. The van der Waals surface area contributed by atoms with Gasteiger partial charge in [0.15, 0.2) is 11.5 Å². The Morgan fingerprint density at radius 1 is 1.35 bits per heavy atom. The SMILES string of the molecule is COc1cc(C(=O)Nc2cc(Br)c[nH]c2=O)cc(Cl)c1OCCC(C)C. The summed E-state index contributed by atoms with van der Waals surface area (Å²) in [6.45, 7) is 4.69. The maximum Gasteiger partial charge on any atom is 0.271 e. The minimum absolute atomic E-state index is 0.122. The molecule has 0 radical (unpaired) electrons. The van der Waals surface area contributed by atoms with Gasteiger partial charge in [-0.3, -0.25) is 9.59 Å². The predicted molar refractivity (Wildman–Crippen MR) is 106 cm³/mol. The smallest absolute Gasteiger partial charge is 0.271 e. The molecule has 0 unspecified atom stereocenters. The normalized spacial score (nSPS) is 10.7. The Labute approximate surface area is 165 Å². The topological polar surface area (TPSA) is 80.4 Å². The molecule has 1 aromatic carbocycles. The number of carbonyl (C=O) groups excluding carboxylic acids is 1. The number of aromatic amines is 1. The van der Waals surface area contributed by atoms with Gasteiger partial charge in [-0.25, -0.2) is 0 Å². The molecule has 0 fully saturated rings. The van der Waals surface area contributed by atoms with Crippen molar-refractivity contribution in [3.63, 3.8) is 0 Å². The van der Waals surface area contributed by atoms with Gasteiger partial charge >= 0.3 is 0 Å². The van der Waals surface area contributed by atoms with Crippen molar-refractivity contribution in [2.24, 2.45) is 5.92 Å². The number of rotatable bonds is 7. The maximum absolute atomic E-state index is 12.5. The van der Waals surface area contributed by atoms with Gasteiger partial charge in [0, 0.05) is 16.2 Å². The number of carbonyl (C=O) groups is 1. The summed E-state index contributed by atoms with van der Waals surface area (Å²) in [5.74, 6) is 0.761. The summed E-state index contributed by atoms with van der Waals surface area (Å²) in [6.07, 6.45) is 2.36. The Morgan fingerprint density at radius 3 is 2.73 bits per heavy atom. The first kappa shape index (κ1) is 20.3. The quantitative estimate of drug-likeness (QED) is 0.661. The minimum Gasteiger partial charge on any atom is -0.493 e. The zero-order valence-corrected chi connectivity index (χ0v) is 17.0. The number of ether oxygens (including phenoxy) is 2. The minimum atomic E-state index is -0.484. The average molecular weight is 444 g/mol. The van der Waals surface area contributed by atoms with Crippen LogP contribution in [0.1, 0.15) is 30.6 Å². The third-order valence-corrected chi connectivity index (χ3v) is 4.29. The molecule has 2 aromatic rings. The third-order valence-electron chi connectivity index (χ3n) is 3.55. The number of pyridine rings is 1. The molecular weight excluding hydrogens is 424 g/mol. The van der Waals surface area contributed by atoms with Gasteiger partial charge in [0.05, 0.1) is 18.7 Å². The van der Waals surface area contributed by atoms with Crippen molar-refractivity contribution < 1.29 is 14.3 Å². The van der Waals surface area contributed by atoms with Crippen LogP contribution in [0.2, 0.25) is 5.02 Å². The van der Waals surface area contributed by atoms with Crippen LogP contribution >= 0.6 is 27.5 Å². The monoisotopic (exact) mass is 442 g/mol. The van der Waals surface area contributed by atoms with Crippen molar-refractivity contribution in [1.82, 2.24) is 4.98 Å². The van der Waals surface area contributed by atoms with Gasteiger partial charge in [-0.05, 0) is 46.5 Å². The van der Waals surface area contributed by atoms with Crippen LogP contribution in [0.5, 0.6) is 11.5 Å². The number of halogens is 2. The number of methoxy groups -OCH3 is 1. The molecule has 140 valence electrons. The van der Waals surface area contributed by atoms with E-state index in [0.29, 0.717) is 28.5 Å². The van der Waals surface area contributed by atoms with Crippen molar-refractivity contribution in [2.75, 3.05) is 19.0 Å². The van der Waals surface area contributed by atoms with Crippen molar-refractivity contribution in [2.45, 2.75) is 20.3 Å². The molecule has 0 aliphatic rings. The maximum atomic E-state index is 12.5. The van der Waals surface area contributed by atoms with E-state index in [-0.39, 0.29) is 16.3 Å². The van der Waals surface area contributed by atoms with Gasteiger partial charge in [0.25, 0.3) is 11.5 Å². The van der Waals surface area contributed by atoms with Crippen LogP contribution in [0.15, 0.2) is 33.7 Å². The third kappa shape index (κ3) is 5.25. The Hall–Kier alpha value is -1.99. The molecule has 0 saturated carbocycles. The molecule has 0 atom stereocenters. The van der Waals surface area contributed by atoms with Crippen LogP contribution < -0.4 is 20.3 Å². The van der Waals surface area contributed by atoms with Gasteiger partial charge in [-0.2, -0.15) is 0 Å². The van der Waals surface area contributed by atoms with E-state index >= 15 is 0 Å². The number of nitrogens with one attached hydrogen (secondary N) is 2. The number of hydrogen-bond acceptors (Lipinski definition) is 4. The molecule has 0 saturated heterocycles. The van der Waals surface area contributed by atoms with E-state index in [2.05, 4.69) is 40.1 Å². The fourth-order valence-electron chi connectivity index (χ4n) is 2.13. The Bertz CT molecular complexity index is 852. The Morgan fingerprint density at radius 2 is 2.08 bits per heavy atom. The molecule has 0 aliphatic carbocycles. The Balaban J connectivity index is 2.24. The van der Waals surface area contributed by atoms with Gasteiger partial charge in [-0.1, -0.05) is 25.4 Å². The average Bonchev–Trinajstić information content (AvgIpc) is 2.58. The lowest BCUT2D eigenvalue weighted by molar-refractivity contribution is 0.102. The first-order valence-corrected chi connectivity index (χ1v) is 9.18. The molecule has 2 rings (SSSR count). The predicted octanol–water partition coefficient (Wildman–Crippen LogP) is 4.48. The molecule has 1 heterocycles. The second-order valence-corrected chi connectivity index (χ2v) is 7.36. The van der Waals surface area contributed by atoms with E-state index in [4.69, 9.17) is 21.1 Å². The molecule has 26 heavy (non-hydrogen) atoms. The zero-order valence-electron chi connectivity index (χ0n) is 14.7. The zero-order chi connectivity index (χ0) is 19.3. The van der Waals surface area contributed by atoms with Crippen molar-refractivity contribution >= 4 is 39.1 Å². The van der Waals surface area contributed by atoms with E-state index in [1.165, 1.54) is 31.5 Å². The van der Waals surface area contributed by atoms with Gasteiger partial charge < -0.3 is 19.8 Å². The molecular formula is C18H20BrClN2O4. The van der Waals surface area contributed by atoms with Crippen LogP contribution in [-0.4, -0.2) is 24.6 Å². The summed E-state index contributed by atoms with van der Waals surface area (Å²) < 4.78 is 11.6. The summed E-state index contributed by atoms with van der Waals surface area (Å²) in [5.41, 5.74) is -0.0348. The van der Waals surface area contributed by atoms with Gasteiger partial charge in [0.1, 0.15) is 5.69 Å². The van der Waals surface area contributed by atoms with Crippen molar-refractivity contribution in [1.29, 1.82) is 0 Å². The highest BCUT2D eigenvalue weighted by Gasteiger charge is 2.17. The van der Waals surface area contributed by atoms with Crippen molar-refractivity contribution in [3.05, 3.63) is 49.8 Å².